The Morgan fingerprint density at radius 3 is 1.09 bits per heavy atom. The van der Waals surface area contributed by atoms with Gasteiger partial charge in [0.15, 0.2) is 0 Å². The van der Waals surface area contributed by atoms with E-state index < -0.39 is 0 Å². The van der Waals surface area contributed by atoms with Crippen molar-refractivity contribution in [1.82, 2.24) is 9.80 Å². The molecule has 10 rings (SSSR count). The monoisotopic (exact) mass is 931 g/mol. The summed E-state index contributed by atoms with van der Waals surface area (Å²) < 4.78 is 0. The van der Waals surface area contributed by atoms with E-state index in [1.54, 1.807) is 0 Å². The van der Waals surface area contributed by atoms with Crippen LogP contribution in [0.3, 0.4) is 0 Å². The van der Waals surface area contributed by atoms with E-state index in [-0.39, 0.29) is 6.04 Å². The van der Waals surface area contributed by atoms with Crippen LogP contribution in [0.4, 0.5) is 0 Å². The molecule has 0 aromatic rings. The average Bonchev–Trinajstić information content (AvgIpc) is 3.35. The Morgan fingerprint density at radius 1 is 0.412 bits per heavy atom. The molecule has 0 amide bonds. The first-order chi connectivity index (χ1) is 32.7. The van der Waals surface area contributed by atoms with Gasteiger partial charge in [0.05, 0.1) is 6.07 Å². The molecule has 0 aromatic heterocycles. The van der Waals surface area contributed by atoms with Gasteiger partial charge in [0.2, 0.25) is 6.04 Å². The maximum atomic E-state index is 10.2. The summed E-state index contributed by atoms with van der Waals surface area (Å²) >= 11 is 0. The summed E-state index contributed by atoms with van der Waals surface area (Å²) in [5.41, 5.74) is 0.854. The summed E-state index contributed by atoms with van der Waals surface area (Å²) in [5.74, 6) is 12.7. The molecule has 382 valence electrons. The zero-order chi connectivity index (χ0) is 47.5. The van der Waals surface area contributed by atoms with Gasteiger partial charge in [0.1, 0.15) is 0 Å². The minimum Gasteiger partial charge on any atom is -0.314 e. The zero-order valence-electron chi connectivity index (χ0n) is 45.7. The number of nitrogens with zero attached hydrogens (tertiary/aromatic N) is 4. The second-order valence-corrected chi connectivity index (χ2v) is 29.8. The molecule has 0 N–H and O–H groups in total. The fourth-order valence-corrected chi connectivity index (χ4v) is 20.8. The first-order valence-corrected chi connectivity index (χ1v) is 31.0. The van der Waals surface area contributed by atoms with Gasteiger partial charge in [-0.25, -0.2) is 6.57 Å². The van der Waals surface area contributed by atoms with Crippen molar-refractivity contribution in [2.24, 2.45) is 99.6 Å². The van der Waals surface area contributed by atoms with Crippen molar-refractivity contribution in [2.75, 3.05) is 0 Å². The molecule has 10 atom stereocenters. The molecule has 10 aliphatic carbocycles. The molecule has 0 spiro atoms. The Balaban J connectivity index is 1.04. The number of hydrogen-bond acceptors (Lipinski definition) is 3. The van der Waals surface area contributed by atoms with E-state index >= 15 is 0 Å². The molecular weight excluding hydrogens is 825 g/mol. The van der Waals surface area contributed by atoms with Crippen LogP contribution in [-0.4, -0.2) is 52.1 Å². The van der Waals surface area contributed by atoms with Crippen molar-refractivity contribution >= 4 is 0 Å². The molecule has 10 saturated carbocycles. The third kappa shape index (κ3) is 10.2. The average molecular weight is 932 g/mol. The third-order valence-corrected chi connectivity index (χ3v) is 24.6. The zero-order valence-corrected chi connectivity index (χ0v) is 45.7. The highest BCUT2D eigenvalue weighted by Gasteiger charge is 2.63. The van der Waals surface area contributed by atoms with E-state index in [1.165, 1.54) is 193 Å². The van der Waals surface area contributed by atoms with Crippen molar-refractivity contribution < 1.29 is 0 Å². The Kier molecular flexibility index (Phi) is 15.6. The van der Waals surface area contributed by atoms with Crippen LogP contribution in [-0.2, 0) is 0 Å². The lowest BCUT2D eigenvalue weighted by molar-refractivity contribution is -0.190. The molecule has 10 aliphatic rings. The van der Waals surface area contributed by atoms with E-state index in [2.05, 4.69) is 76.1 Å². The van der Waals surface area contributed by atoms with E-state index in [0.29, 0.717) is 16.7 Å². The van der Waals surface area contributed by atoms with Gasteiger partial charge < -0.3 is 4.85 Å². The number of nitriles is 1. The van der Waals surface area contributed by atoms with Crippen LogP contribution in [0.1, 0.15) is 248 Å². The Labute approximate surface area is 420 Å². The van der Waals surface area contributed by atoms with Crippen LogP contribution in [0.2, 0.25) is 0 Å². The Morgan fingerprint density at radius 2 is 0.750 bits per heavy atom. The predicted octanol–water partition coefficient (Wildman–Crippen LogP) is 16.8. The fraction of sp³-hybridized carbons (Fsp3) is 0.969. The van der Waals surface area contributed by atoms with Crippen molar-refractivity contribution in [3.8, 4) is 6.07 Å². The summed E-state index contributed by atoms with van der Waals surface area (Å²) in [6, 6.07) is 7.79. The lowest BCUT2D eigenvalue weighted by Crippen LogP contribution is -2.67. The van der Waals surface area contributed by atoms with Gasteiger partial charge >= 0.3 is 0 Å². The summed E-state index contributed by atoms with van der Waals surface area (Å²) in [6.45, 7) is 28.4. The lowest BCUT2D eigenvalue weighted by atomic mass is 9.41. The van der Waals surface area contributed by atoms with Gasteiger partial charge in [-0.1, -0.05) is 55.4 Å². The van der Waals surface area contributed by atoms with Crippen molar-refractivity contribution in [3.63, 3.8) is 0 Å². The normalized spacial score (nSPS) is 48.2. The topological polar surface area (TPSA) is 34.6 Å². The third-order valence-electron chi connectivity index (χ3n) is 24.6. The Bertz CT molecular complexity index is 1570. The molecule has 0 saturated heterocycles. The molecule has 0 bridgehead atoms. The van der Waals surface area contributed by atoms with Crippen LogP contribution < -0.4 is 0 Å². The van der Waals surface area contributed by atoms with E-state index in [0.717, 1.165) is 119 Å². The molecular formula is C64H106N4. The highest BCUT2D eigenvalue weighted by molar-refractivity contribution is 5.14. The summed E-state index contributed by atoms with van der Waals surface area (Å²) in [5, 5.41) is 10.2. The second kappa shape index (κ2) is 21.0. The highest BCUT2D eigenvalue weighted by Crippen LogP contribution is 2.67. The standard InChI is InChI=1S/C64H106N4/c1-41-10-26-49(27-11-41)67(51-30-20-46(21-31-51)63(3,4)5)59-38-57(44-16-14-43(40-65)15-17-44)53-34-36-56-60(68(50-28-12-42(2)13-29-50)52-32-22-47(23-33-52)64(6,7)8)39-58(45-18-24-48(66-9)25-19-45)54-35-37-55(59)61(53)62(54)56/h41-62H,10-39H2,1-8H3. The summed E-state index contributed by atoms with van der Waals surface area (Å²) in [6.07, 6.45) is 42.3. The highest BCUT2D eigenvalue weighted by atomic mass is 15.2. The van der Waals surface area contributed by atoms with Gasteiger partial charge in [-0.05, 0) is 273 Å². The van der Waals surface area contributed by atoms with Gasteiger partial charge in [0.25, 0.3) is 0 Å². The van der Waals surface area contributed by atoms with Crippen molar-refractivity contribution in [2.45, 2.75) is 290 Å². The van der Waals surface area contributed by atoms with Crippen LogP contribution in [0.15, 0.2) is 0 Å². The van der Waals surface area contributed by atoms with Crippen LogP contribution in [0, 0.1) is 118 Å². The molecule has 0 heterocycles. The van der Waals surface area contributed by atoms with Gasteiger partial charge in [0, 0.05) is 55.0 Å². The molecule has 0 radical (unpaired) electrons. The van der Waals surface area contributed by atoms with Crippen LogP contribution in [0.25, 0.3) is 4.85 Å². The van der Waals surface area contributed by atoms with Crippen molar-refractivity contribution in [3.05, 3.63) is 11.4 Å². The van der Waals surface area contributed by atoms with Crippen LogP contribution >= 0.6 is 0 Å². The lowest BCUT2D eigenvalue weighted by Gasteiger charge is -2.68. The van der Waals surface area contributed by atoms with Gasteiger partial charge in [-0.2, -0.15) is 5.26 Å². The summed E-state index contributed by atoms with van der Waals surface area (Å²) in [4.78, 5) is 11.1. The molecule has 10 unspecified atom stereocenters. The van der Waals surface area contributed by atoms with E-state index in [4.69, 9.17) is 6.57 Å². The molecule has 10 fully saturated rings. The van der Waals surface area contributed by atoms with Gasteiger partial charge in [-0.3, -0.25) is 9.80 Å². The Hall–Kier alpha value is -1.10. The smallest absolute Gasteiger partial charge is 0.223 e. The fourth-order valence-electron chi connectivity index (χ4n) is 20.8. The minimum atomic E-state index is 0.287. The molecule has 4 heteroatoms. The molecule has 0 aromatic carbocycles. The first kappa shape index (κ1) is 50.4. The second-order valence-electron chi connectivity index (χ2n) is 29.8. The maximum absolute atomic E-state index is 10.2. The predicted molar refractivity (Wildman–Crippen MR) is 284 cm³/mol. The first-order valence-electron chi connectivity index (χ1n) is 31.0. The van der Waals surface area contributed by atoms with Gasteiger partial charge in [-0.15, -0.1) is 0 Å². The SMILES string of the molecule is [C-]#[N+]C1CCC(C2CC(N(C3CCC(C)CC3)C3CCC(C(C)(C)C)CC3)C3CCC4C(C5CCC(C#N)CC5)CC(N(C5CCC(C)CC5)C5CCC(C(C)(C)C)CC5)C5CCC2C3C45)CC1. The van der Waals surface area contributed by atoms with Crippen molar-refractivity contribution in [1.29, 1.82) is 5.26 Å². The molecule has 68 heavy (non-hydrogen) atoms. The minimum absolute atomic E-state index is 0.287. The van der Waals surface area contributed by atoms with E-state index in [9.17, 15) is 5.26 Å². The molecule has 4 nitrogen and oxygen atoms in total. The quantitative estimate of drug-likeness (QED) is 0.228. The largest absolute Gasteiger partial charge is 0.314 e. The maximum Gasteiger partial charge on any atom is 0.223 e. The van der Waals surface area contributed by atoms with E-state index in [1.807, 2.05) is 0 Å². The number of hydrogen-bond donors (Lipinski definition) is 0. The number of rotatable bonds is 8. The van der Waals surface area contributed by atoms with Crippen LogP contribution in [0.5, 0.6) is 0 Å². The summed E-state index contributed by atoms with van der Waals surface area (Å²) in [7, 11) is 0. The molecule has 0 aliphatic heterocycles.